The van der Waals surface area contributed by atoms with Crippen LogP contribution in [0.15, 0.2) is 30.3 Å². The Morgan fingerprint density at radius 1 is 1.06 bits per heavy atom. The zero-order valence-corrected chi connectivity index (χ0v) is 13.0. The van der Waals surface area contributed by atoms with Crippen LogP contribution < -0.4 is 0 Å². The molecule has 1 saturated carbocycles. The van der Waals surface area contributed by atoms with Gasteiger partial charge in [0.2, 0.25) is 0 Å². The lowest BCUT2D eigenvalue weighted by Gasteiger charge is -2.28. The molecule has 18 heavy (non-hydrogen) atoms. The first kappa shape index (κ1) is 13.8. The molecule has 0 amide bonds. The molecule has 0 radical (unpaired) electrons. The summed E-state index contributed by atoms with van der Waals surface area (Å²) in [5.41, 5.74) is 1.50. The van der Waals surface area contributed by atoms with Gasteiger partial charge in [0.15, 0.2) is 8.32 Å². The van der Waals surface area contributed by atoms with Crippen molar-refractivity contribution >= 4 is 8.32 Å². The molecule has 0 spiro atoms. The lowest BCUT2D eigenvalue weighted by molar-refractivity contribution is 0.279. The molecule has 1 aliphatic rings. The van der Waals surface area contributed by atoms with E-state index in [9.17, 15) is 0 Å². The summed E-state index contributed by atoms with van der Waals surface area (Å²) in [5.74, 6) is 1.55. The van der Waals surface area contributed by atoms with Crippen LogP contribution in [0.1, 0.15) is 38.7 Å². The third-order valence-corrected chi connectivity index (χ3v) is 9.33. The standard InChI is InChI=1S/C16H26OSi/c1-4-18(5-2,6-3)17-13-15-12-16(15)14-10-8-7-9-11-14/h7-11,15-16H,4-6,12-13H2,1-3H3/t15-,16-/m1/s1. The van der Waals surface area contributed by atoms with Gasteiger partial charge >= 0.3 is 0 Å². The van der Waals surface area contributed by atoms with Gasteiger partial charge in [0.1, 0.15) is 0 Å². The van der Waals surface area contributed by atoms with E-state index in [0.29, 0.717) is 0 Å². The monoisotopic (exact) mass is 262 g/mol. The summed E-state index contributed by atoms with van der Waals surface area (Å²) in [6.07, 6.45) is 1.33. The second kappa shape index (κ2) is 6.03. The minimum absolute atomic E-state index is 0.767. The van der Waals surface area contributed by atoms with Crippen molar-refractivity contribution in [2.24, 2.45) is 5.92 Å². The van der Waals surface area contributed by atoms with Gasteiger partial charge in [-0.1, -0.05) is 51.1 Å². The van der Waals surface area contributed by atoms with Gasteiger partial charge in [0.25, 0.3) is 0 Å². The van der Waals surface area contributed by atoms with Gasteiger partial charge in [0.05, 0.1) is 0 Å². The van der Waals surface area contributed by atoms with E-state index >= 15 is 0 Å². The molecule has 100 valence electrons. The Hall–Kier alpha value is -0.603. The zero-order chi connectivity index (χ0) is 13.0. The molecule has 1 aliphatic carbocycles. The van der Waals surface area contributed by atoms with E-state index in [1.165, 1.54) is 30.1 Å². The fourth-order valence-corrected chi connectivity index (χ4v) is 5.56. The van der Waals surface area contributed by atoms with Gasteiger partial charge in [-0.2, -0.15) is 0 Å². The first-order valence-electron chi connectivity index (χ1n) is 7.43. The summed E-state index contributed by atoms with van der Waals surface area (Å²) in [6.45, 7) is 7.92. The highest BCUT2D eigenvalue weighted by Gasteiger charge is 2.40. The van der Waals surface area contributed by atoms with Crippen LogP contribution in [0.5, 0.6) is 0 Å². The summed E-state index contributed by atoms with van der Waals surface area (Å²) in [7, 11) is -1.37. The van der Waals surface area contributed by atoms with Crippen molar-refractivity contribution in [3.8, 4) is 0 Å². The SMILES string of the molecule is CC[Si](CC)(CC)OC[C@H]1C[C@@H]1c1ccccc1. The molecular weight excluding hydrogens is 236 g/mol. The van der Waals surface area contributed by atoms with Crippen molar-refractivity contribution in [1.82, 2.24) is 0 Å². The molecule has 0 aromatic heterocycles. The molecule has 2 heteroatoms. The summed E-state index contributed by atoms with van der Waals surface area (Å²) >= 11 is 0. The minimum atomic E-state index is -1.37. The van der Waals surface area contributed by atoms with Crippen LogP contribution in [0, 0.1) is 5.92 Å². The molecule has 0 unspecified atom stereocenters. The lowest BCUT2D eigenvalue weighted by Crippen LogP contribution is -2.36. The lowest BCUT2D eigenvalue weighted by atomic mass is 10.1. The van der Waals surface area contributed by atoms with Gasteiger partial charge in [-0.25, -0.2) is 0 Å². The Morgan fingerprint density at radius 3 is 2.22 bits per heavy atom. The first-order valence-corrected chi connectivity index (χ1v) is 9.96. The van der Waals surface area contributed by atoms with Crippen LogP contribution >= 0.6 is 0 Å². The molecule has 1 aromatic carbocycles. The van der Waals surface area contributed by atoms with Crippen molar-refractivity contribution < 1.29 is 4.43 Å². The van der Waals surface area contributed by atoms with Crippen molar-refractivity contribution in [3.63, 3.8) is 0 Å². The van der Waals surface area contributed by atoms with E-state index in [0.717, 1.165) is 18.4 Å². The molecule has 1 nitrogen and oxygen atoms in total. The number of rotatable bonds is 7. The number of hydrogen-bond donors (Lipinski definition) is 0. The third kappa shape index (κ3) is 3.04. The van der Waals surface area contributed by atoms with Crippen LogP contribution in [-0.2, 0) is 4.43 Å². The van der Waals surface area contributed by atoms with E-state index < -0.39 is 8.32 Å². The van der Waals surface area contributed by atoms with Crippen molar-refractivity contribution in [2.45, 2.75) is 51.2 Å². The molecule has 0 bridgehead atoms. The van der Waals surface area contributed by atoms with Crippen LogP contribution in [0.2, 0.25) is 18.1 Å². The Balaban J connectivity index is 1.83. The second-order valence-corrected chi connectivity index (χ2v) is 10.3. The highest BCUT2D eigenvalue weighted by molar-refractivity contribution is 6.73. The van der Waals surface area contributed by atoms with Gasteiger partial charge in [-0.05, 0) is 42.0 Å². The maximum Gasteiger partial charge on any atom is 0.191 e. The predicted octanol–water partition coefficient (Wildman–Crippen LogP) is 4.81. The van der Waals surface area contributed by atoms with Gasteiger partial charge in [-0.15, -0.1) is 0 Å². The minimum Gasteiger partial charge on any atom is -0.417 e. The smallest absolute Gasteiger partial charge is 0.191 e. The molecule has 0 heterocycles. The fourth-order valence-electron chi connectivity index (χ4n) is 2.88. The average molecular weight is 262 g/mol. The van der Waals surface area contributed by atoms with Crippen molar-refractivity contribution in [1.29, 1.82) is 0 Å². The molecule has 0 N–H and O–H groups in total. The molecule has 0 aliphatic heterocycles. The highest BCUT2D eigenvalue weighted by atomic mass is 28.4. The average Bonchev–Trinajstić information content (AvgIpc) is 3.22. The Kier molecular flexibility index (Phi) is 4.63. The predicted molar refractivity (Wildman–Crippen MR) is 80.4 cm³/mol. The van der Waals surface area contributed by atoms with Crippen LogP contribution in [-0.4, -0.2) is 14.9 Å². The van der Waals surface area contributed by atoms with Crippen molar-refractivity contribution in [3.05, 3.63) is 35.9 Å². The topological polar surface area (TPSA) is 9.23 Å². The third-order valence-electron chi connectivity index (χ3n) is 4.69. The quantitative estimate of drug-likeness (QED) is 0.641. The number of hydrogen-bond acceptors (Lipinski definition) is 1. The van der Waals surface area contributed by atoms with E-state index in [2.05, 4.69) is 51.1 Å². The Morgan fingerprint density at radius 2 is 1.67 bits per heavy atom. The molecule has 0 saturated heterocycles. The molecule has 1 aromatic rings. The Labute approximate surface area is 113 Å². The summed E-state index contributed by atoms with van der Waals surface area (Å²) < 4.78 is 6.39. The summed E-state index contributed by atoms with van der Waals surface area (Å²) in [6, 6.07) is 14.7. The first-order chi connectivity index (χ1) is 8.74. The fraction of sp³-hybridized carbons (Fsp3) is 0.625. The van der Waals surface area contributed by atoms with Gasteiger partial charge in [-0.3, -0.25) is 0 Å². The second-order valence-electron chi connectivity index (χ2n) is 5.57. The zero-order valence-electron chi connectivity index (χ0n) is 12.0. The molecule has 1 fully saturated rings. The van der Waals surface area contributed by atoms with Crippen LogP contribution in [0.25, 0.3) is 0 Å². The Bertz CT molecular complexity index is 350. The van der Waals surface area contributed by atoms with Gasteiger partial charge in [0, 0.05) is 6.61 Å². The molecular formula is C16H26OSi. The summed E-state index contributed by atoms with van der Waals surface area (Å²) in [5, 5.41) is 0. The maximum absolute atomic E-state index is 6.39. The van der Waals surface area contributed by atoms with Crippen molar-refractivity contribution in [2.75, 3.05) is 6.61 Å². The normalized spacial score (nSPS) is 23.1. The van der Waals surface area contributed by atoms with E-state index in [1.54, 1.807) is 0 Å². The number of benzene rings is 1. The van der Waals surface area contributed by atoms with Gasteiger partial charge < -0.3 is 4.43 Å². The van der Waals surface area contributed by atoms with E-state index in [1.807, 2.05) is 0 Å². The highest BCUT2D eigenvalue weighted by Crippen LogP contribution is 2.48. The van der Waals surface area contributed by atoms with Crippen LogP contribution in [0.3, 0.4) is 0 Å². The van der Waals surface area contributed by atoms with E-state index in [-0.39, 0.29) is 0 Å². The maximum atomic E-state index is 6.39. The van der Waals surface area contributed by atoms with Crippen LogP contribution in [0.4, 0.5) is 0 Å². The largest absolute Gasteiger partial charge is 0.417 e. The molecule has 2 atom stereocenters. The van der Waals surface area contributed by atoms with E-state index in [4.69, 9.17) is 4.43 Å². The molecule has 2 rings (SSSR count). The summed E-state index contributed by atoms with van der Waals surface area (Å²) in [4.78, 5) is 0.